The van der Waals surface area contributed by atoms with Gasteiger partial charge in [0.05, 0.1) is 24.4 Å². The number of carbonyl (C=O) groups is 1. The van der Waals surface area contributed by atoms with Crippen molar-refractivity contribution in [1.29, 1.82) is 0 Å². The summed E-state index contributed by atoms with van der Waals surface area (Å²) in [6, 6.07) is 0. The number of hydrogen-bond acceptors (Lipinski definition) is 6. The van der Waals surface area contributed by atoms with Gasteiger partial charge in [0.15, 0.2) is 0 Å². The lowest BCUT2D eigenvalue weighted by Crippen LogP contribution is -2.59. The summed E-state index contributed by atoms with van der Waals surface area (Å²) in [4.78, 5) is 13.3. The van der Waals surface area contributed by atoms with Gasteiger partial charge in [-0.15, -0.1) is 0 Å². The minimum atomic E-state index is -0.841. The molecule has 0 heterocycles. The largest absolute Gasteiger partial charge is 0.396 e. The fraction of sp³-hybridized carbons (Fsp3) is 0.963. The van der Waals surface area contributed by atoms with Crippen LogP contribution < -0.4 is 0 Å². The average molecular weight is 467 g/mol. The van der Waals surface area contributed by atoms with E-state index in [4.69, 9.17) is 0 Å². The van der Waals surface area contributed by atoms with Crippen molar-refractivity contribution >= 4 is 5.78 Å². The van der Waals surface area contributed by atoms with E-state index in [-0.39, 0.29) is 46.9 Å². The Hall–Kier alpha value is -0.530. The first kappa shape index (κ1) is 25.6. The summed E-state index contributed by atoms with van der Waals surface area (Å²) in [5.41, 5.74) is -0.222. The van der Waals surface area contributed by atoms with E-state index in [1.807, 2.05) is 6.92 Å². The van der Waals surface area contributed by atoms with Gasteiger partial charge in [0.1, 0.15) is 5.78 Å². The SMILES string of the molecule is CC(CO)C[C@@H](O)[C@H](O)[C@@H](C)[C@H]1CC[C@H]2[C@@H]3CC(=O)[C@H]4C[C@H](O)[C@H](O)C[C@]4(C)[C@H]3CC[C@]12C. The summed E-state index contributed by atoms with van der Waals surface area (Å²) >= 11 is 0. The third-order valence-corrected chi connectivity index (χ3v) is 11.1. The molecule has 0 aromatic heterocycles. The van der Waals surface area contributed by atoms with Crippen molar-refractivity contribution in [3.05, 3.63) is 0 Å². The molecule has 13 atom stereocenters. The van der Waals surface area contributed by atoms with Gasteiger partial charge in [-0.3, -0.25) is 4.79 Å². The molecule has 0 bridgehead atoms. The Kier molecular flexibility index (Phi) is 7.10. The molecule has 4 saturated carbocycles. The molecule has 0 amide bonds. The van der Waals surface area contributed by atoms with E-state index < -0.39 is 24.4 Å². The van der Waals surface area contributed by atoms with E-state index in [0.717, 1.165) is 25.7 Å². The topological polar surface area (TPSA) is 118 Å². The Morgan fingerprint density at radius 2 is 1.67 bits per heavy atom. The zero-order valence-corrected chi connectivity index (χ0v) is 20.9. The molecule has 0 saturated heterocycles. The maximum Gasteiger partial charge on any atom is 0.136 e. The van der Waals surface area contributed by atoms with Crippen molar-refractivity contribution in [2.45, 2.75) is 103 Å². The summed E-state index contributed by atoms with van der Waals surface area (Å²) in [6.07, 6.45) is 2.76. The quantitative estimate of drug-likeness (QED) is 0.411. The van der Waals surface area contributed by atoms with Gasteiger partial charge >= 0.3 is 0 Å². The second-order valence-corrected chi connectivity index (χ2v) is 12.8. The average Bonchev–Trinajstić information content (AvgIpc) is 3.11. The van der Waals surface area contributed by atoms with Crippen LogP contribution >= 0.6 is 0 Å². The van der Waals surface area contributed by atoms with Gasteiger partial charge in [0.2, 0.25) is 0 Å². The molecule has 1 unspecified atom stereocenters. The zero-order chi connectivity index (χ0) is 24.3. The van der Waals surface area contributed by atoms with Gasteiger partial charge in [0.25, 0.3) is 0 Å². The van der Waals surface area contributed by atoms with Gasteiger partial charge in [0, 0.05) is 18.9 Å². The smallest absolute Gasteiger partial charge is 0.136 e. The van der Waals surface area contributed by atoms with Gasteiger partial charge in [-0.25, -0.2) is 0 Å². The van der Waals surface area contributed by atoms with Crippen molar-refractivity contribution in [3.8, 4) is 0 Å². The molecule has 0 spiro atoms. The molecular weight excluding hydrogens is 420 g/mol. The van der Waals surface area contributed by atoms with Crippen LogP contribution in [0, 0.1) is 52.3 Å². The minimum absolute atomic E-state index is 0.00393. The molecule has 0 aromatic rings. The van der Waals surface area contributed by atoms with E-state index in [1.165, 1.54) is 0 Å². The lowest BCUT2D eigenvalue weighted by molar-refractivity contribution is -0.174. The number of ketones is 1. The van der Waals surface area contributed by atoms with Crippen LogP contribution in [0.25, 0.3) is 0 Å². The van der Waals surface area contributed by atoms with Crippen LogP contribution in [-0.2, 0) is 4.79 Å². The number of aliphatic hydroxyl groups is 5. The summed E-state index contributed by atoms with van der Waals surface area (Å²) in [6.45, 7) is 8.47. The second kappa shape index (κ2) is 9.16. The van der Waals surface area contributed by atoms with E-state index in [2.05, 4.69) is 20.8 Å². The normalized spacial score (nSPS) is 48.9. The predicted octanol–water partition coefficient (Wildman–Crippen LogP) is 2.53. The molecule has 6 heteroatoms. The standard InChI is InChI=1S/C27H46O6/c1-14(13-28)9-23(31)25(33)15(2)17-5-6-18-16-10-21(29)20-11-22(30)24(32)12-27(20,4)19(16)7-8-26(17,18)3/h14-20,22-25,28,30-33H,5-13H2,1-4H3/t14?,15-,16-,17+,18-,19-,20+,22-,23+,24+,25+,26+,27+/m0/s1. The molecule has 4 fully saturated rings. The first-order chi connectivity index (χ1) is 15.4. The number of aliphatic hydroxyl groups excluding tert-OH is 5. The van der Waals surface area contributed by atoms with Crippen molar-refractivity contribution in [1.82, 2.24) is 0 Å². The molecule has 4 aliphatic carbocycles. The fourth-order valence-electron chi connectivity index (χ4n) is 9.19. The van der Waals surface area contributed by atoms with E-state index in [0.29, 0.717) is 43.4 Å². The van der Waals surface area contributed by atoms with Crippen LogP contribution in [0.2, 0.25) is 0 Å². The van der Waals surface area contributed by atoms with Crippen molar-refractivity contribution < 1.29 is 30.3 Å². The van der Waals surface area contributed by atoms with Gasteiger partial charge < -0.3 is 25.5 Å². The van der Waals surface area contributed by atoms with Crippen LogP contribution in [0.5, 0.6) is 0 Å². The molecule has 190 valence electrons. The second-order valence-electron chi connectivity index (χ2n) is 12.8. The first-order valence-electron chi connectivity index (χ1n) is 13.3. The van der Waals surface area contributed by atoms with E-state index in [9.17, 15) is 30.3 Å². The molecule has 5 N–H and O–H groups in total. The molecule has 4 rings (SSSR count). The Morgan fingerprint density at radius 1 is 1.00 bits per heavy atom. The van der Waals surface area contributed by atoms with Crippen molar-refractivity contribution in [3.63, 3.8) is 0 Å². The summed E-state index contributed by atoms with van der Waals surface area (Å²) in [5.74, 6) is 1.40. The summed E-state index contributed by atoms with van der Waals surface area (Å²) in [5, 5.41) is 51.6. The van der Waals surface area contributed by atoms with Crippen LogP contribution in [0.15, 0.2) is 0 Å². The predicted molar refractivity (Wildman–Crippen MR) is 125 cm³/mol. The molecule has 0 radical (unpaired) electrons. The molecule has 0 aromatic carbocycles. The van der Waals surface area contributed by atoms with Gasteiger partial charge in [-0.05, 0) is 91.3 Å². The molecule has 4 aliphatic rings. The molecular formula is C27H46O6. The van der Waals surface area contributed by atoms with Crippen LogP contribution in [0.1, 0.15) is 79.1 Å². The fourth-order valence-corrected chi connectivity index (χ4v) is 9.19. The summed E-state index contributed by atoms with van der Waals surface area (Å²) < 4.78 is 0. The van der Waals surface area contributed by atoms with Crippen LogP contribution in [0.3, 0.4) is 0 Å². The van der Waals surface area contributed by atoms with Crippen LogP contribution in [-0.4, -0.2) is 62.3 Å². The maximum atomic E-state index is 13.3. The Labute approximate surface area is 198 Å². The third kappa shape index (κ3) is 4.12. The minimum Gasteiger partial charge on any atom is -0.396 e. The maximum absolute atomic E-state index is 13.3. The first-order valence-corrected chi connectivity index (χ1v) is 13.3. The molecule has 0 aliphatic heterocycles. The summed E-state index contributed by atoms with van der Waals surface area (Å²) in [7, 11) is 0. The highest BCUT2D eigenvalue weighted by Crippen LogP contribution is 2.67. The molecule has 33 heavy (non-hydrogen) atoms. The van der Waals surface area contributed by atoms with Gasteiger partial charge in [-0.2, -0.15) is 0 Å². The zero-order valence-electron chi connectivity index (χ0n) is 20.9. The van der Waals surface area contributed by atoms with Crippen molar-refractivity contribution in [2.75, 3.05) is 6.61 Å². The number of carbonyl (C=O) groups excluding carboxylic acids is 1. The highest BCUT2D eigenvalue weighted by atomic mass is 16.3. The Morgan fingerprint density at radius 3 is 2.33 bits per heavy atom. The molecule has 6 nitrogen and oxygen atoms in total. The van der Waals surface area contributed by atoms with E-state index in [1.54, 1.807) is 0 Å². The number of hydrogen-bond donors (Lipinski definition) is 5. The van der Waals surface area contributed by atoms with E-state index >= 15 is 0 Å². The number of fused-ring (bicyclic) bond motifs is 5. The highest BCUT2D eigenvalue weighted by molar-refractivity contribution is 5.83. The lowest BCUT2D eigenvalue weighted by atomic mass is 9.44. The number of Topliss-reactive ketones (excluding diaryl/α,β-unsaturated/α-hetero) is 1. The monoisotopic (exact) mass is 466 g/mol. The van der Waals surface area contributed by atoms with Gasteiger partial charge in [-0.1, -0.05) is 27.7 Å². The Balaban J connectivity index is 1.53. The highest BCUT2D eigenvalue weighted by Gasteiger charge is 2.63. The Bertz CT molecular complexity index is 727. The van der Waals surface area contributed by atoms with Crippen molar-refractivity contribution in [2.24, 2.45) is 52.3 Å². The number of rotatable bonds is 6. The third-order valence-electron chi connectivity index (χ3n) is 11.1. The van der Waals surface area contributed by atoms with Crippen LogP contribution in [0.4, 0.5) is 0 Å². The lowest BCUT2D eigenvalue weighted by Gasteiger charge is -2.61.